The number of hydrogen-bond acceptors (Lipinski definition) is 0. The molecule has 0 unspecified atom stereocenters. The smallest absolute Gasteiger partial charge is 0.127 e. The molecule has 0 atom stereocenters. The van der Waals surface area contributed by atoms with E-state index >= 15 is 4.39 Å². The van der Waals surface area contributed by atoms with Crippen LogP contribution < -0.4 is 0 Å². The lowest BCUT2D eigenvalue weighted by molar-refractivity contribution is 0.135. The van der Waals surface area contributed by atoms with Gasteiger partial charge >= 0.3 is 0 Å². The third-order valence-electron chi connectivity index (χ3n) is 9.40. The lowest BCUT2D eigenvalue weighted by Crippen LogP contribution is -2.44. The maximum atomic E-state index is 16.3. The molecule has 0 heterocycles. The average molecular weight is 484 g/mol. The number of halogens is 1. The second-order valence-corrected chi connectivity index (χ2v) is 12.0. The lowest BCUT2D eigenvalue weighted by Gasteiger charge is -2.49. The number of rotatable bonds is 12. The Hall–Kier alpha value is -0.850. The van der Waals surface area contributed by atoms with Gasteiger partial charge in [-0.2, -0.15) is 0 Å². The molecule has 2 aliphatic rings. The summed E-state index contributed by atoms with van der Waals surface area (Å²) >= 11 is 0. The van der Waals surface area contributed by atoms with Crippen LogP contribution in [0.25, 0.3) is 0 Å². The van der Waals surface area contributed by atoms with Gasteiger partial charge in [-0.25, -0.2) is 4.39 Å². The third kappa shape index (κ3) is 8.33. The zero-order chi connectivity index (χ0) is 24.8. The summed E-state index contributed by atoms with van der Waals surface area (Å²) in [5.74, 6) is 1.31. The summed E-state index contributed by atoms with van der Waals surface area (Å²) in [7, 11) is 0. The molecule has 1 heteroatoms. The highest BCUT2D eigenvalue weighted by molar-refractivity contribution is 5.36. The van der Waals surface area contributed by atoms with Crippen LogP contribution in [0.1, 0.15) is 160 Å². The molecule has 0 aromatic heterocycles. The van der Waals surface area contributed by atoms with Crippen molar-refractivity contribution in [3.8, 4) is 0 Å². The van der Waals surface area contributed by atoms with Crippen LogP contribution in [0.15, 0.2) is 18.2 Å². The topological polar surface area (TPSA) is 0 Å². The van der Waals surface area contributed by atoms with Gasteiger partial charge in [0.2, 0.25) is 0 Å². The maximum absolute atomic E-state index is 16.3. The molecule has 199 valence electrons. The highest BCUT2D eigenvalue weighted by atomic mass is 19.1. The first-order valence-electron chi connectivity index (χ1n) is 15.9. The van der Waals surface area contributed by atoms with Gasteiger partial charge in [0.1, 0.15) is 5.82 Å². The molecule has 0 nitrogen and oxygen atoms in total. The van der Waals surface area contributed by atoms with Gasteiger partial charge in [-0.1, -0.05) is 122 Å². The van der Waals surface area contributed by atoms with Crippen LogP contribution >= 0.6 is 0 Å². The van der Waals surface area contributed by atoms with Gasteiger partial charge in [0, 0.05) is 5.41 Å². The molecule has 0 saturated heterocycles. The van der Waals surface area contributed by atoms with Crippen LogP contribution in [-0.4, -0.2) is 0 Å². The average Bonchev–Trinajstić information content (AvgIpc) is 2.81. The predicted octanol–water partition coefficient (Wildman–Crippen LogP) is 11.3. The summed E-state index contributed by atoms with van der Waals surface area (Å²) in [5, 5.41) is 0. The van der Waals surface area contributed by atoms with E-state index in [1.807, 2.05) is 6.07 Å². The van der Waals surface area contributed by atoms with Gasteiger partial charge in [-0.15, -0.1) is 0 Å². The van der Waals surface area contributed by atoms with Crippen molar-refractivity contribution in [3.63, 3.8) is 0 Å². The van der Waals surface area contributed by atoms with Crippen LogP contribution in [0, 0.1) is 24.1 Å². The first-order valence-corrected chi connectivity index (χ1v) is 15.9. The second-order valence-electron chi connectivity index (χ2n) is 12.0. The second kappa shape index (κ2) is 16.1. The van der Waals surface area contributed by atoms with Gasteiger partial charge in [-0.05, 0) is 80.4 Å². The quantitative estimate of drug-likeness (QED) is 0.259. The molecule has 0 bridgehead atoms. The molecule has 1 aromatic rings. The largest absolute Gasteiger partial charge is 0.207 e. The summed E-state index contributed by atoms with van der Waals surface area (Å²) < 4.78 is 16.3. The molecule has 0 amide bonds. The Bertz CT molecular complexity index is 654. The van der Waals surface area contributed by atoms with Crippen molar-refractivity contribution in [2.75, 3.05) is 0 Å². The van der Waals surface area contributed by atoms with Gasteiger partial charge in [0.25, 0.3) is 0 Å². The van der Waals surface area contributed by atoms with Gasteiger partial charge < -0.3 is 0 Å². The van der Waals surface area contributed by atoms with Crippen LogP contribution in [-0.2, 0) is 11.8 Å². The minimum Gasteiger partial charge on any atom is -0.207 e. The van der Waals surface area contributed by atoms with E-state index in [9.17, 15) is 0 Å². The fourth-order valence-electron chi connectivity index (χ4n) is 7.47. The van der Waals surface area contributed by atoms with E-state index in [2.05, 4.69) is 32.4 Å². The monoisotopic (exact) mass is 483 g/mol. The van der Waals surface area contributed by atoms with Crippen molar-refractivity contribution in [1.82, 2.24) is 0 Å². The molecule has 2 aliphatic carbocycles. The van der Waals surface area contributed by atoms with Gasteiger partial charge in [-0.3, -0.25) is 0 Å². The number of benzene rings is 1. The van der Waals surface area contributed by atoms with Crippen LogP contribution in [0.4, 0.5) is 4.39 Å². The fourth-order valence-corrected chi connectivity index (χ4v) is 7.47. The number of unbranched alkanes of at least 4 members (excludes halogenated alkanes) is 5. The molecule has 0 aliphatic heterocycles. The van der Waals surface area contributed by atoms with E-state index in [0.29, 0.717) is 11.8 Å². The Labute approximate surface area is 218 Å². The Morgan fingerprint density at radius 1 is 0.714 bits per heavy atom. The van der Waals surface area contributed by atoms with E-state index in [0.717, 1.165) is 18.4 Å². The van der Waals surface area contributed by atoms with Crippen molar-refractivity contribution in [1.29, 1.82) is 0 Å². The van der Waals surface area contributed by atoms with Crippen molar-refractivity contribution in [2.45, 2.75) is 161 Å². The summed E-state index contributed by atoms with van der Waals surface area (Å²) in [5.41, 5.74) is 2.20. The Balaban J connectivity index is 1.94. The summed E-state index contributed by atoms with van der Waals surface area (Å²) in [4.78, 5) is 0. The van der Waals surface area contributed by atoms with Crippen molar-refractivity contribution in [2.24, 2.45) is 11.8 Å². The number of hydrogen-bond donors (Lipinski definition) is 0. The van der Waals surface area contributed by atoms with Crippen molar-refractivity contribution < 1.29 is 4.39 Å². The highest BCUT2D eigenvalue weighted by Crippen LogP contribution is 2.52. The normalized spacial score (nSPS) is 19.6. The molecule has 0 N–H and O–H groups in total. The molecular weight excluding hydrogens is 427 g/mol. The lowest BCUT2D eigenvalue weighted by atomic mass is 9.55. The molecule has 2 saturated carbocycles. The molecule has 2 fully saturated rings. The minimum absolute atomic E-state index is 0.0750. The predicted molar refractivity (Wildman–Crippen MR) is 151 cm³/mol. The van der Waals surface area contributed by atoms with Gasteiger partial charge in [0.05, 0.1) is 0 Å². The van der Waals surface area contributed by atoms with Crippen molar-refractivity contribution >= 4 is 0 Å². The SMILES string of the molecule is CCC[CH]C(c1ccc(CCCCCCC)cc1F)(C1CCCCCCC1)C1CCCCCCC1. The molecule has 35 heavy (non-hydrogen) atoms. The standard InChI is InChI=1S/C34H56F/c1-3-5-7-10-15-20-29-25-26-32(33(35)28-29)34(27-6-4-2,30-21-16-11-8-12-17-22-30)31-23-18-13-9-14-19-24-31/h25-28,30-31H,3-24H2,1-2H3. The van der Waals surface area contributed by atoms with Crippen LogP contribution in [0.2, 0.25) is 0 Å². The summed E-state index contributed by atoms with van der Waals surface area (Å²) in [6, 6.07) is 6.51. The Kier molecular flexibility index (Phi) is 13.2. The van der Waals surface area contributed by atoms with Gasteiger partial charge in [0.15, 0.2) is 0 Å². The first kappa shape index (κ1) is 28.7. The van der Waals surface area contributed by atoms with E-state index in [-0.39, 0.29) is 11.2 Å². The van der Waals surface area contributed by atoms with Crippen LogP contribution in [0.3, 0.4) is 0 Å². The molecular formula is C34H56F. The van der Waals surface area contributed by atoms with E-state index in [4.69, 9.17) is 0 Å². The number of aryl methyl sites for hydroxylation is 1. The zero-order valence-corrected chi connectivity index (χ0v) is 23.4. The third-order valence-corrected chi connectivity index (χ3v) is 9.40. The van der Waals surface area contributed by atoms with Crippen molar-refractivity contribution in [3.05, 3.63) is 41.6 Å². The molecule has 1 aromatic carbocycles. The molecule has 0 spiro atoms. The van der Waals surface area contributed by atoms with Crippen LogP contribution in [0.5, 0.6) is 0 Å². The molecule has 3 rings (SSSR count). The van der Waals surface area contributed by atoms with E-state index < -0.39 is 0 Å². The Morgan fingerprint density at radius 2 is 1.26 bits per heavy atom. The zero-order valence-electron chi connectivity index (χ0n) is 23.4. The minimum atomic E-state index is -0.0750. The summed E-state index contributed by atoms with van der Waals surface area (Å²) in [6.45, 7) is 4.57. The highest BCUT2D eigenvalue weighted by Gasteiger charge is 2.46. The summed E-state index contributed by atoms with van der Waals surface area (Å²) in [6.07, 6.45) is 31.1. The Morgan fingerprint density at radius 3 is 1.77 bits per heavy atom. The fraction of sp³-hybridized carbons (Fsp3) is 0.794. The maximum Gasteiger partial charge on any atom is 0.127 e. The van der Waals surface area contributed by atoms with E-state index in [1.165, 1.54) is 134 Å². The first-order chi connectivity index (χ1) is 17.2. The molecule has 1 radical (unpaired) electrons. The van der Waals surface area contributed by atoms with E-state index in [1.54, 1.807) is 0 Å².